The first-order valence-corrected chi connectivity index (χ1v) is 7.25. The summed E-state index contributed by atoms with van der Waals surface area (Å²) in [6, 6.07) is 12.5. The molecule has 0 radical (unpaired) electrons. The molecule has 0 unspecified atom stereocenters. The Bertz CT molecular complexity index is 822. The number of hydrogen-bond donors (Lipinski definition) is 1. The average Bonchev–Trinajstić information content (AvgIpc) is 2.49. The van der Waals surface area contributed by atoms with E-state index < -0.39 is 5.97 Å². The number of nitrogens with zero attached hydrogens (tertiary/aromatic N) is 2. The lowest BCUT2D eigenvalue weighted by Gasteiger charge is -2.07. The Balaban J connectivity index is 2.11. The van der Waals surface area contributed by atoms with Crippen LogP contribution in [0.1, 0.15) is 10.5 Å². The third-order valence-corrected chi connectivity index (χ3v) is 4.04. The molecule has 2 aromatic heterocycles. The Morgan fingerprint density at radius 3 is 2.71 bits per heavy atom. The number of fused-ring (bicyclic) bond motifs is 1. The van der Waals surface area contributed by atoms with Crippen molar-refractivity contribution in [1.29, 1.82) is 0 Å². The normalized spacial score (nSPS) is 10.7. The van der Waals surface area contributed by atoms with E-state index in [0.717, 1.165) is 15.3 Å². The number of rotatable bonds is 3. The Labute approximate surface area is 129 Å². The Hall–Kier alpha value is -2.11. The highest BCUT2D eigenvalue weighted by Crippen LogP contribution is 2.32. The van der Waals surface area contributed by atoms with E-state index in [1.807, 2.05) is 18.2 Å². The topological polar surface area (TPSA) is 63.1 Å². The van der Waals surface area contributed by atoms with Crippen LogP contribution in [0.5, 0.6) is 0 Å². The van der Waals surface area contributed by atoms with Crippen LogP contribution in [0.25, 0.3) is 10.9 Å². The first-order valence-electron chi connectivity index (χ1n) is 6.06. The lowest BCUT2D eigenvalue weighted by molar-refractivity contribution is 0.0690. The van der Waals surface area contributed by atoms with Gasteiger partial charge >= 0.3 is 5.97 Å². The number of pyridine rings is 2. The van der Waals surface area contributed by atoms with Gasteiger partial charge in [-0.15, -0.1) is 0 Å². The highest BCUT2D eigenvalue weighted by molar-refractivity contribution is 7.99. The molecule has 0 atom stereocenters. The molecule has 0 saturated heterocycles. The first kappa shape index (κ1) is 13.9. The molecule has 104 valence electrons. The minimum Gasteiger partial charge on any atom is -0.477 e. The van der Waals surface area contributed by atoms with Gasteiger partial charge in [-0.05, 0) is 24.3 Å². The van der Waals surface area contributed by atoms with E-state index in [1.54, 1.807) is 30.5 Å². The summed E-state index contributed by atoms with van der Waals surface area (Å²) < 4.78 is 0. The van der Waals surface area contributed by atoms with Gasteiger partial charge in [-0.25, -0.2) is 14.8 Å². The molecule has 0 bridgehead atoms. The molecule has 0 saturated carbocycles. The van der Waals surface area contributed by atoms with Crippen molar-refractivity contribution in [3.63, 3.8) is 0 Å². The number of carboxylic acid groups (broad SMARTS) is 1. The minimum atomic E-state index is -1.05. The summed E-state index contributed by atoms with van der Waals surface area (Å²) in [5.74, 6) is -1.05. The van der Waals surface area contributed by atoms with Gasteiger partial charge in [-0.2, -0.15) is 0 Å². The molecule has 0 aliphatic carbocycles. The van der Waals surface area contributed by atoms with Gasteiger partial charge in [0, 0.05) is 16.5 Å². The van der Waals surface area contributed by atoms with Crippen LogP contribution in [0.15, 0.2) is 58.6 Å². The van der Waals surface area contributed by atoms with Crippen LogP contribution in [0.4, 0.5) is 0 Å². The second-order valence-electron chi connectivity index (χ2n) is 4.24. The second-order valence-corrected chi connectivity index (χ2v) is 5.74. The number of halogens is 1. The molecule has 1 N–H and O–H groups in total. The van der Waals surface area contributed by atoms with Gasteiger partial charge in [0.2, 0.25) is 0 Å². The van der Waals surface area contributed by atoms with Gasteiger partial charge in [0.15, 0.2) is 0 Å². The molecular weight excluding hydrogens is 308 g/mol. The second kappa shape index (κ2) is 5.71. The zero-order chi connectivity index (χ0) is 14.8. The SMILES string of the molecule is O=C(O)c1cc(Sc2ccc(Cl)cn2)c2ccccc2n1. The highest BCUT2D eigenvalue weighted by atomic mass is 35.5. The standard InChI is InChI=1S/C15H9ClN2O2S/c16-9-5-6-14(17-8-9)21-13-7-12(15(19)20)18-11-4-2-1-3-10(11)13/h1-8H,(H,19,20). The number of aromatic nitrogens is 2. The molecule has 0 fully saturated rings. The molecule has 2 heterocycles. The Morgan fingerprint density at radius 2 is 2.00 bits per heavy atom. The van der Waals surface area contributed by atoms with Gasteiger partial charge in [0.05, 0.1) is 10.5 Å². The number of carboxylic acids is 1. The predicted molar refractivity (Wildman–Crippen MR) is 82.1 cm³/mol. The average molecular weight is 317 g/mol. The highest BCUT2D eigenvalue weighted by Gasteiger charge is 2.12. The van der Waals surface area contributed by atoms with E-state index in [1.165, 1.54) is 11.8 Å². The fraction of sp³-hybridized carbons (Fsp3) is 0. The maximum Gasteiger partial charge on any atom is 0.354 e. The van der Waals surface area contributed by atoms with Gasteiger partial charge in [0.25, 0.3) is 0 Å². The third-order valence-electron chi connectivity index (χ3n) is 2.81. The van der Waals surface area contributed by atoms with E-state index in [2.05, 4.69) is 9.97 Å². The molecule has 6 heteroatoms. The number of carbonyl (C=O) groups is 1. The predicted octanol–water partition coefficient (Wildman–Crippen LogP) is 4.13. The van der Waals surface area contributed by atoms with E-state index in [0.29, 0.717) is 10.5 Å². The molecule has 3 rings (SSSR count). The van der Waals surface area contributed by atoms with Crippen LogP contribution in [0, 0.1) is 0 Å². The number of hydrogen-bond acceptors (Lipinski definition) is 4. The van der Waals surface area contributed by atoms with Crippen molar-refractivity contribution in [2.45, 2.75) is 9.92 Å². The quantitative estimate of drug-likeness (QED) is 0.787. The van der Waals surface area contributed by atoms with Gasteiger partial charge in [-0.1, -0.05) is 41.6 Å². The van der Waals surface area contributed by atoms with Crippen LogP contribution in [0.3, 0.4) is 0 Å². The molecule has 21 heavy (non-hydrogen) atoms. The van der Waals surface area contributed by atoms with E-state index >= 15 is 0 Å². The molecule has 0 spiro atoms. The largest absolute Gasteiger partial charge is 0.477 e. The van der Waals surface area contributed by atoms with E-state index in [9.17, 15) is 4.79 Å². The Kier molecular flexibility index (Phi) is 3.77. The Morgan fingerprint density at radius 1 is 1.19 bits per heavy atom. The van der Waals surface area contributed by atoms with E-state index in [4.69, 9.17) is 16.7 Å². The van der Waals surface area contributed by atoms with Crippen LogP contribution in [-0.2, 0) is 0 Å². The molecular formula is C15H9ClN2O2S. The molecule has 3 aromatic rings. The van der Waals surface area contributed by atoms with Crippen molar-refractivity contribution in [3.05, 3.63) is 59.4 Å². The molecule has 0 amide bonds. The van der Waals surface area contributed by atoms with Gasteiger partial charge < -0.3 is 5.11 Å². The minimum absolute atomic E-state index is 0.0187. The molecule has 0 aliphatic heterocycles. The number of para-hydroxylation sites is 1. The summed E-state index contributed by atoms with van der Waals surface area (Å²) in [4.78, 5) is 20.3. The van der Waals surface area contributed by atoms with Crippen molar-refractivity contribution < 1.29 is 9.90 Å². The molecule has 1 aromatic carbocycles. The maximum absolute atomic E-state index is 11.2. The lowest BCUT2D eigenvalue weighted by Crippen LogP contribution is -2.01. The summed E-state index contributed by atoms with van der Waals surface area (Å²) in [6.07, 6.45) is 1.56. The van der Waals surface area contributed by atoms with Crippen LogP contribution < -0.4 is 0 Å². The van der Waals surface area contributed by atoms with Crippen LogP contribution in [0.2, 0.25) is 5.02 Å². The zero-order valence-corrected chi connectivity index (χ0v) is 12.2. The monoisotopic (exact) mass is 316 g/mol. The zero-order valence-electron chi connectivity index (χ0n) is 10.7. The van der Waals surface area contributed by atoms with E-state index in [-0.39, 0.29) is 5.69 Å². The smallest absolute Gasteiger partial charge is 0.354 e. The van der Waals surface area contributed by atoms with Crippen molar-refractivity contribution in [3.8, 4) is 0 Å². The summed E-state index contributed by atoms with van der Waals surface area (Å²) in [7, 11) is 0. The van der Waals surface area contributed by atoms with Gasteiger partial charge in [-0.3, -0.25) is 0 Å². The summed E-state index contributed by atoms with van der Waals surface area (Å²) in [6.45, 7) is 0. The van der Waals surface area contributed by atoms with Crippen molar-refractivity contribution in [1.82, 2.24) is 9.97 Å². The van der Waals surface area contributed by atoms with Crippen LogP contribution in [-0.4, -0.2) is 21.0 Å². The number of aromatic carboxylic acids is 1. The fourth-order valence-electron chi connectivity index (χ4n) is 1.87. The van der Waals surface area contributed by atoms with Crippen molar-refractivity contribution in [2.75, 3.05) is 0 Å². The fourth-order valence-corrected chi connectivity index (χ4v) is 2.90. The number of benzene rings is 1. The third kappa shape index (κ3) is 2.99. The van der Waals surface area contributed by atoms with Crippen molar-refractivity contribution >= 4 is 40.2 Å². The van der Waals surface area contributed by atoms with Gasteiger partial charge in [0.1, 0.15) is 10.7 Å². The maximum atomic E-state index is 11.2. The molecule has 0 aliphatic rings. The lowest BCUT2D eigenvalue weighted by atomic mass is 10.2. The van der Waals surface area contributed by atoms with Crippen LogP contribution >= 0.6 is 23.4 Å². The van der Waals surface area contributed by atoms with Crippen molar-refractivity contribution in [2.24, 2.45) is 0 Å². The summed E-state index contributed by atoms with van der Waals surface area (Å²) in [5.41, 5.74) is 0.666. The summed E-state index contributed by atoms with van der Waals surface area (Å²) in [5, 5.41) is 11.4. The summed E-state index contributed by atoms with van der Waals surface area (Å²) >= 11 is 7.20. The first-order chi connectivity index (χ1) is 10.1. The molecule has 4 nitrogen and oxygen atoms in total.